The average Bonchev–Trinajstić information content (AvgIpc) is 3.47. The van der Waals surface area contributed by atoms with Crippen LogP contribution in [0.5, 0.6) is 0 Å². The molecule has 6 rings (SSSR count). The van der Waals surface area contributed by atoms with Crippen LogP contribution in [0.1, 0.15) is 58.6 Å². The lowest BCUT2D eigenvalue weighted by Gasteiger charge is -2.07. The number of H-pyrrole nitrogens is 2. The summed E-state index contributed by atoms with van der Waals surface area (Å²) in [4.78, 5) is 16.3. The molecule has 0 bridgehead atoms. The van der Waals surface area contributed by atoms with Crippen LogP contribution < -0.4 is 0 Å². The molecule has 0 amide bonds. The van der Waals surface area contributed by atoms with Gasteiger partial charge in [0.25, 0.3) is 0 Å². The number of aromatic amines is 2. The molecule has 6 aromatic rings. The van der Waals surface area contributed by atoms with Gasteiger partial charge in [-0.2, -0.15) is 0 Å². The molecule has 2 N–H and O–H groups in total. The summed E-state index contributed by atoms with van der Waals surface area (Å²) in [5, 5.41) is 2.47. The zero-order chi connectivity index (χ0) is 23.4. The largest absolute Gasteiger partial charge is 0.342 e. The maximum absolute atomic E-state index is 4.70. The van der Waals surface area contributed by atoms with Crippen LogP contribution in [-0.2, 0) is 0 Å². The number of rotatable bonds is 4. The first-order chi connectivity index (χ1) is 16.4. The smallest absolute Gasteiger partial charge is 0.109 e. The second kappa shape index (κ2) is 8.70. The third-order valence-corrected chi connectivity index (χ3v) is 6.60. The van der Waals surface area contributed by atoms with Crippen molar-refractivity contribution in [1.29, 1.82) is 0 Å². The standard InChI is InChI=1S/C30H28N4.CH4/c1-17(2)29-31-25-11-9-23(15-27(25)33-29)21-7-5-20-14-22(8-6-19(20)13-21)24-10-12-26-28(16-24)34-30(32-26)18(3)4;/h5-18H,1-4H3,(H,31,33)(H,32,34);1H4. The summed E-state index contributed by atoms with van der Waals surface area (Å²) < 4.78 is 0. The minimum Gasteiger partial charge on any atom is -0.342 e. The highest BCUT2D eigenvalue weighted by atomic mass is 14.9. The van der Waals surface area contributed by atoms with Crippen molar-refractivity contribution < 1.29 is 0 Å². The maximum atomic E-state index is 4.70. The van der Waals surface area contributed by atoms with E-state index in [-0.39, 0.29) is 7.43 Å². The van der Waals surface area contributed by atoms with Crippen molar-refractivity contribution >= 4 is 32.8 Å². The molecule has 0 saturated carbocycles. The molecule has 176 valence electrons. The summed E-state index contributed by atoms with van der Waals surface area (Å²) in [6.07, 6.45) is 0. The van der Waals surface area contributed by atoms with Gasteiger partial charge in [0, 0.05) is 11.8 Å². The topological polar surface area (TPSA) is 57.4 Å². The molecule has 0 unspecified atom stereocenters. The molecular weight excluding hydrogens is 428 g/mol. The average molecular weight is 461 g/mol. The Hall–Kier alpha value is -3.92. The second-order valence-electron chi connectivity index (χ2n) is 9.79. The van der Waals surface area contributed by atoms with Gasteiger partial charge < -0.3 is 9.97 Å². The highest BCUT2D eigenvalue weighted by Gasteiger charge is 2.10. The number of hydrogen-bond acceptors (Lipinski definition) is 2. The fourth-order valence-electron chi connectivity index (χ4n) is 4.57. The number of hydrogen-bond donors (Lipinski definition) is 2. The van der Waals surface area contributed by atoms with Crippen LogP contribution in [0.4, 0.5) is 0 Å². The summed E-state index contributed by atoms with van der Waals surface area (Å²) in [5.41, 5.74) is 9.04. The molecule has 0 atom stereocenters. The van der Waals surface area contributed by atoms with Gasteiger partial charge in [-0.05, 0) is 69.4 Å². The molecule has 0 radical (unpaired) electrons. The minimum atomic E-state index is 0. The van der Waals surface area contributed by atoms with Gasteiger partial charge in [0.15, 0.2) is 0 Å². The zero-order valence-corrected chi connectivity index (χ0v) is 20.0. The lowest BCUT2D eigenvalue weighted by atomic mass is 9.97. The van der Waals surface area contributed by atoms with Crippen LogP contribution in [0.3, 0.4) is 0 Å². The van der Waals surface area contributed by atoms with E-state index in [0.29, 0.717) is 11.8 Å². The Morgan fingerprint density at radius 3 is 1.29 bits per heavy atom. The third-order valence-electron chi connectivity index (χ3n) is 6.60. The van der Waals surface area contributed by atoms with Crippen LogP contribution in [0.25, 0.3) is 55.1 Å². The van der Waals surface area contributed by atoms with Crippen molar-refractivity contribution in [3.63, 3.8) is 0 Å². The number of nitrogens with zero attached hydrogens (tertiary/aromatic N) is 2. The van der Waals surface area contributed by atoms with Crippen molar-refractivity contribution in [2.75, 3.05) is 0 Å². The summed E-state index contributed by atoms with van der Waals surface area (Å²) >= 11 is 0. The van der Waals surface area contributed by atoms with Crippen molar-refractivity contribution in [2.45, 2.75) is 47.0 Å². The maximum Gasteiger partial charge on any atom is 0.109 e. The number of imidazole rings is 2. The van der Waals surface area contributed by atoms with Gasteiger partial charge in [0.1, 0.15) is 11.6 Å². The van der Waals surface area contributed by atoms with Crippen molar-refractivity contribution in [3.8, 4) is 22.3 Å². The molecule has 0 aliphatic carbocycles. The fourth-order valence-corrected chi connectivity index (χ4v) is 4.57. The van der Waals surface area contributed by atoms with Crippen LogP contribution in [-0.4, -0.2) is 19.9 Å². The molecule has 0 fully saturated rings. The molecule has 4 aromatic carbocycles. The minimum absolute atomic E-state index is 0. The molecule has 4 nitrogen and oxygen atoms in total. The number of fused-ring (bicyclic) bond motifs is 3. The zero-order valence-electron chi connectivity index (χ0n) is 20.0. The molecule has 35 heavy (non-hydrogen) atoms. The van der Waals surface area contributed by atoms with Gasteiger partial charge in [0.05, 0.1) is 22.1 Å². The van der Waals surface area contributed by atoms with E-state index in [0.717, 1.165) is 33.7 Å². The van der Waals surface area contributed by atoms with Gasteiger partial charge in [0.2, 0.25) is 0 Å². The van der Waals surface area contributed by atoms with Crippen LogP contribution in [0.15, 0.2) is 72.8 Å². The number of benzene rings is 4. The molecule has 2 aromatic heterocycles. The van der Waals surface area contributed by atoms with E-state index in [1.807, 2.05) is 0 Å². The predicted octanol–water partition coefficient (Wildman–Crippen LogP) is 8.81. The Labute approximate surface area is 206 Å². The van der Waals surface area contributed by atoms with E-state index < -0.39 is 0 Å². The predicted molar refractivity (Wildman–Crippen MR) is 149 cm³/mol. The van der Waals surface area contributed by atoms with E-state index in [2.05, 4.69) is 110 Å². The summed E-state index contributed by atoms with van der Waals surface area (Å²) in [6, 6.07) is 26.3. The lowest BCUT2D eigenvalue weighted by molar-refractivity contribution is 0.799. The first kappa shape index (κ1) is 22.9. The molecule has 0 aliphatic rings. The van der Waals surface area contributed by atoms with E-state index in [9.17, 15) is 0 Å². The fraction of sp³-hybridized carbons (Fsp3) is 0.226. The van der Waals surface area contributed by atoms with E-state index in [4.69, 9.17) is 9.97 Å². The van der Waals surface area contributed by atoms with Crippen molar-refractivity contribution in [1.82, 2.24) is 19.9 Å². The molecule has 4 heteroatoms. The molecule has 0 aliphatic heterocycles. The lowest BCUT2D eigenvalue weighted by Crippen LogP contribution is -1.88. The number of nitrogens with one attached hydrogen (secondary N) is 2. The van der Waals surface area contributed by atoms with E-state index in [1.54, 1.807) is 0 Å². The van der Waals surface area contributed by atoms with Gasteiger partial charge >= 0.3 is 0 Å². The van der Waals surface area contributed by atoms with Gasteiger partial charge in [-0.15, -0.1) is 0 Å². The highest BCUT2D eigenvalue weighted by molar-refractivity contribution is 5.93. The molecule has 2 heterocycles. The van der Waals surface area contributed by atoms with Gasteiger partial charge in [-0.3, -0.25) is 0 Å². The second-order valence-corrected chi connectivity index (χ2v) is 9.79. The Morgan fingerprint density at radius 1 is 0.514 bits per heavy atom. The summed E-state index contributed by atoms with van der Waals surface area (Å²) in [6.45, 7) is 8.64. The number of aromatic nitrogens is 4. The Kier molecular flexibility index (Phi) is 5.68. The Morgan fingerprint density at radius 2 is 0.886 bits per heavy atom. The van der Waals surface area contributed by atoms with Gasteiger partial charge in [-0.1, -0.05) is 71.5 Å². The SMILES string of the molecule is C.CC(C)c1nc2ccc(-c3ccc4cc(-c5ccc6nc(C(C)C)[nH]c6c5)ccc4c3)cc2[nH]1. The molecule has 0 spiro atoms. The quantitative estimate of drug-likeness (QED) is 0.276. The van der Waals surface area contributed by atoms with Crippen LogP contribution >= 0.6 is 0 Å². The first-order valence-electron chi connectivity index (χ1n) is 12.0. The monoisotopic (exact) mass is 460 g/mol. The third kappa shape index (κ3) is 4.10. The van der Waals surface area contributed by atoms with E-state index >= 15 is 0 Å². The highest BCUT2D eigenvalue weighted by Crippen LogP contribution is 2.31. The van der Waals surface area contributed by atoms with Crippen molar-refractivity contribution in [2.24, 2.45) is 0 Å². The summed E-state index contributed by atoms with van der Waals surface area (Å²) in [5.74, 6) is 2.84. The molecule has 0 saturated heterocycles. The Balaban J connectivity index is 0.00000253. The van der Waals surface area contributed by atoms with Gasteiger partial charge in [-0.25, -0.2) is 9.97 Å². The van der Waals surface area contributed by atoms with E-state index in [1.165, 1.54) is 33.0 Å². The first-order valence-corrected chi connectivity index (χ1v) is 12.0. The van der Waals surface area contributed by atoms with Crippen LogP contribution in [0, 0.1) is 0 Å². The normalized spacial score (nSPS) is 11.7. The Bertz CT molecular complexity index is 1540. The molecular formula is C31H32N4. The summed E-state index contributed by atoms with van der Waals surface area (Å²) in [7, 11) is 0. The van der Waals surface area contributed by atoms with Crippen LogP contribution in [0.2, 0.25) is 0 Å². The van der Waals surface area contributed by atoms with Crippen molar-refractivity contribution in [3.05, 3.63) is 84.4 Å².